The molecule has 2 aromatic carbocycles. The van der Waals surface area contributed by atoms with Crippen LogP contribution in [0.25, 0.3) is 0 Å². The van der Waals surface area contributed by atoms with Crippen LogP contribution in [0.3, 0.4) is 0 Å². The molecule has 0 saturated heterocycles. The molecule has 0 aliphatic carbocycles. The van der Waals surface area contributed by atoms with Crippen LogP contribution in [0.15, 0.2) is 30.3 Å². The molecule has 8 heteroatoms. The Kier molecular flexibility index (Phi) is 4.92. The second-order valence-corrected chi connectivity index (χ2v) is 6.66. The molecule has 4 N–H and O–H groups in total. The Morgan fingerprint density at radius 2 is 2.00 bits per heavy atom. The molecule has 2 aliphatic heterocycles. The number of nitrogen functional groups attached to an aromatic ring is 1. The van der Waals surface area contributed by atoms with Gasteiger partial charge in [0.05, 0.1) is 18.0 Å². The number of fused-ring (bicyclic) bond motifs is 2. The molecule has 0 saturated carbocycles. The second kappa shape index (κ2) is 7.67. The molecule has 2 heterocycles. The first kappa shape index (κ1) is 18.0. The van der Waals surface area contributed by atoms with Gasteiger partial charge in [-0.3, -0.25) is 9.59 Å². The lowest BCUT2D eigenvalue weighted by Gasteiger charge is -2.17. The maximum atomic E-state index is 12.2. The fourth-order valence-electron chi connectivity index (χ4n) is 3.15. The maximum Gasteiger partial charge on any atom is 0.231 e. The highest BCUT2D eigenvalue weighted by Gasteiger charge is 2.17. The lowest BCUT2D eigenvalue weighted by Crippen LogP contribution is -2.18. The van der Waals surface area contributed by atoms with Crippen molar-refractivity contribution in [3.05, 3.63) is 35.9 Å². The highest BCUT2D eigenvalue weighted by atomic mass is 16.7. The van der Waals surface area contributed by atoms with E-state index in [-0.39, 0.29) is 18.6 Å². The highest BCUT2D eigenvalue weighted by Crippen LogP contribution is 2.38. The molecule has 0 fully saturated rings. The minimum Gasteiger partial charge on any atom is -0.494 e. The molecule has 0 spiro atoms. The number of anilines is 3. The fraction of sp³-hybridized carbons (Fsp3) is 0.300. The fourth-order valence-corrected chi connectivity index (χ4v) is 3.15. The molecular weight excluding hydrogens is 362 g/mol. The topological polar surface area (TPSA) is 112 Å². The van der Waals surface area contributed by atoms with E-state index in [2.05, 4.69) is 10.6 Å². The van der Waals surface area contributed by atoms with Gasteiger partial charge >= 0.3 is 0 Å². The summed E-state index contributed by atoms with van der Waals surface area (Å²) in [4.78, 5) is 23.6. The Labute approximate surface area is 161 Å². The van der Waals surface area contributed by atoms with Gasteiger partial charge in [0.1, 0.15) is 5.75 Å². The number of aryl methyl sites for hydroxylation is 1. The largest absolute Gasteiger partial charge is 0.494 e. The Bertz CT molecular complexity index is 928. The molecule has 2 amide bonds. The summed E-state index contributed by atoms with van der Waals surface area (Å²) in [6.07, 6.45) is 2.05. The van der Waals surface area contributed by atoms with Crippen LogP contribution in [-0.2, 0) is 16.0 Å². The summed E-state index contributed by atoms with van der Waals surface area (Å²) in [6, 6.07) is 8.90. The van der Waals surface area contributed by atoms with Crippen molar-refractivity contribution in [2.24, 2.45) is 0 Å². The van der Waals surface area contributed by atoms with Crippen LogP contribution in [0.5, 0.6) is 17.2 Å². The van der Waals surface area contributed by atoms with E-state index in [0.717, 1.165) is 17.0 Å². The van der Waals surface area contributed by atoms with Crippen LogP contribution in [0.1, 0.15) is 24.8 Å². The lowest BCUT2D eigenvalue weighted by molar-refractivity contribution is -0.117. The third kappa shape index (κ3) is 3.95. The van der Waals surface area contributed by atoms with Gasteiger partial charge in [0.25, 0.3) is 0 Å². The number of nitrogens with two attached hydrogens (primary N) is 1. The van der Waals surface area contributed by atoms with E-state index in [1.54, 1.807) is 12.1 Å². The van der Waals surface area contributed by atoms with Crippen molar-refractivity contribution < 1.29 is 23.8 Å². The number of hydrogen-bond donors (Lipinski definition) is 3. The van der Waals surface area contributed by atoms with E-state index >= 15 is 0 Å². The van der Waals surface area contributed by atoms with Gasteiger partial charge in [0, 0.05) is 30.7 Å². The molecule has 0 atom stereocenters. The number of hydrogen-bond acceptors (Lipinski definition) is 6. The first-order valence-corrected chi connectivity index (χ1v) is 9.13. The second-order valence-electron chi connectivity index (χ2n) is 6.66. The molecule has 146 valence electrons. The summed E-state index contributed by atoms with van der Waals surface area (Å²) in [7, 11) is 0. The van der Waals surface area contributed by atoms with Crippen molar-refractivity contribution >= 4 is 28.9 Å². The van der Waals surface area contributed by atoms with Crippen LogP contribution in [0, 0.1) is 0 Å². The van der Waals surface area contributed by atoms with Crippen molar-refractivity contribution in [3.63, 3.8) is 0 Å². The zero-order valence-corrected chi connectivity index (χ0v) is 15.2. The molecule has 0 aromatic heterocycles. The molecule has 4 rings (SSSR count). The summed E-state index contributed by atoms with van der Waals surface area (Å²) in [5.41, 5.74) is 8.77. The van der Waals surface area contributed by atoms with Crippen LogP contribution in [0.2, 0.25) is 0 Å². The minimum absolute atomic E-state index is 0.0373. The third-order valence-electron chi connectivity index (χ3n) is 4.61. The van der Waals surface area contributed by atoms with Crippen LogP contribution < -0.4 is 30.6 Å². The lowest BCUT2D eigenvalue weighted by atomic mass is 10.0. The van der Waals surface area contributed by atoms with E-state index in [4.69, 9.17) is 19.9 Å². The van der Waals surface area contributed by atoms with Gasteiger partial charge in [-0.15, -0.1) is 0 Å². The SMILES string of the molecule is Nc1cc2c(cc1NC(=O)CCCOc1ccc3c(c1)CCC(=O)N3)OCO2. The summed E-state index contributed by atoms with van der Waals surface area (Å²) >= 11 is 0. The summed E-state index contributed by atoms with van der Waals surface area (Å²) in [5.74, 6) is 1.76. The number of nitrogens with one attached hydrogen (secondary N) is 2. The van der Waals surface area contributed by atoms with Crippen molar-refractivity contribution in [3.8, 4) is 17.2 Å². The molecular formula is C20H21N3O5. The van der Waals surface area contributed by atoms with Gasteiger partial charge in [-0.25, -0.2) is 0 Å². The average molecular weight is 383 g/mol. The summed E-state index contributed by atoms with van der Waals surface area (Å²) in [5, 5.41) is 5.63. The van der Waals surface area contributed by atoms with Crippen LogP contribution in [0.4, 0.5) is 17.1 Å². The molecule has 0 radical (unpaired) electrons. The number of ether oxygens (including phenoxy) is 3. The molecule has 2 aromatic rings. The van der Waals surface area contributed by atoms with E-state index in [9.17, 15) is 9.59 Å². The number of carbonyl (C=O) groups is 2. The zero-order valence-electron chi connectivity index (χ0n) is 15.2. The zero-order chi connectivity index (χ0) is 19.5. The van der Waals surface area contributed by atoms with E-state index in [1.807, 2.05) is 18.2 Å². The predicted molar refractivity (Wildman–Crippen MR) is 104 cm³/mol. The van der Waals surface area contributed by atoms with Crippen molar-refractivity contribution in [2.45, 2.75) is 25.7 Å². The average Bonchev–Trinajstić information content (AvgIpc) is 3.12. The van der Waals surface area contributed by atoms with E-state index in [1.165, 1.54) is 0 Å². The molecule has 2 aliphatic rings. The number of amides is 2. The highest BCUT2D eigenvalue weighted by molar-refractivity contribution is 5.95. The Morgan fingerprint density at radius 3 is 2.86 bits per heavy atom. The van der Waals surface area contributed by atoms with Gasteiger partial charge in [-0.2, -0.15) is 0 Å². The molecule has 0 unspecified atom stereocenters. The molecule has 28 heavy (non-hydrogen) atoms. The van der Waals surface area contributed by atoms with Crippen molar-refractivity contribution in [1.82, 2.24) is 0 Å². The number of benzene rings is 2. The van der Waals surface area contributed by atoms with Crippen LogP contribution >= 0.6 is 0 Å². The Morgan fingerprint density at radius 1 is 1.18 bits per heavy atom. The number of rotatable bonds is 6. The van der Waals surface area contributed by atoms with E-state index in [0.29, 0.717) is 55.2 Å². The maximum absolute atomic E-state index is 12.2. The van der Waals surface area contributed by atoms with Crippen molar-refractivity contribution in [2.75, 3.05) is 29.8 Å². The molecule has 8 nitrogen and oxygen atoms in total. The standard InChI is InChI=1S/C20H21N3O5/c21-14-9-17-18(28-11-27-17)10-16(14)23-19(24)2-1-7-26-13-4-5-15-12(8-13)3-6-20(25)22-15/h4-5,8-10H,1-3,6-7,11,21H2,(H,22,25)(H,23,24). The van der Waals surface area contributed by atoms with Gasteiger partial charge in [0.15, 0.2) is 11.5 Å². The summed E-state index contributed by atoms with van der Waals surface area (Å²) in [6.45, 7) is 0.563. The number of carbonyl (C=O) groups excluding carboxylic acids is 2. The normalized spacial score (nSPS) is 14.2. The smallest absolute Gasteiger partial charge is 0.231 e. The van der Waals surface area contributed by atoms with Gasteiger partial charge in [0.2, 0.25) is 18.6 Å². The van der Waals surface area contributed by atoms with Crippen molar-refractivity contribution in [1.29, 1.82) is 0 Å². The predicted octanol–water partition coefficient (Wildman–Crippen LogP) is 2.68. The van der Waals surface area contributed by atoms with Gasteiger partial charge < -0.3 is 30.6 Å². The van der Waals surface area contributed by atoms with Gasteiger partial charge in [-0.1, -0.05) is 0 Å². The monoisotopic (exact) mass is 383 g/mol. The Balaban J connectivity index is 1.24. The van der Waals surface area contributed by atoms with Crippen LogP contribution in [-0.4, -0.2) is 25.2 Å². The van der Waals surface area contributed by atoms with Gasteiger partial charge in [-0.05, 0) is 36.6 Å². The first-order valence-electron chi connectivity index (χ1n) is 9.13. The van der Waals surface area contributed by atoms with E-state index < -0.39 is 0 Å². The first-order chi connectivity index (χ1) is 13.6. The quantitative estimate of drug-likeness (QED) is 0.522. The minimum atomic E-state index is -0.151. The third-order valence-corrected chi connectivity index (χ3v) is 4.61. The summed E-state index contributed by atoms with van der Waals surface area (Å²) < 4.78 is 16.3. The molecule has 0 bridgehead atoms. The Hall–Kier alpha value is -3.42.